The molecule has 1 saturated heterocycles. The number of hydrogen-bond donors (Lipinski definition) is 2. The molecule has 1 aliphatic heterocycles. The summed E-state index contributed by atoms with van der Waals surface area (Å²) in [6, 6.07) is 0. The van der Waals surface area contributed by atoms with Crippen molar-refractivity contribution >= 4 is 12.4 Å². The van der Waals surface area contributed by atoms with E-state index in [0.717, 1.165) is 39.2 Å². The van der Waals surface area contributed by atoms with Crippen molar-refractivity contribution in [3.8, 4) is 0 Å². The van der Waals surface area contributed by atoms with Gasteiger partial charge in [-0.15, -0.1) is 12.4 Å². The van der Waals surface area contributed by atoms with E-state index >= 15 is 0 Å². The summed E-state index contributed by atoms with van der Waals surface area (Å²) in [4.78, 5) is 2.35. The summed E-state index contributed by atoms with van der Waals surface area (Å²) in [6.07, 6.45) is 21.3. The molecule has 0 spiro atoms. The van der Waals surface area contributed by atoms with Gasteiger partial charge >= 0.3 is 0 Å². The lowest BCUT2D eigenvalue weighted by atomic mass is 9.97. The molecule has 1 unspecified atom stereocenters. The largest absolute Gasteiger partial charge is 0.389 e. The Morgan fingerprint density at radius 3 is 1.77 bits per heavy atom. The van der Waals surface area contributed by atoms with Crippen molar-refractivity contribution in [3.05, 3.63) is 0 Å². The molecule has 0 aromatic carbocycles. The van der Waals surface area contributed by atoms with Crippen molar-refractivity contribution in [2.45, 2.75) is 116 Å². The van der Waals surface area contributed by atoms with Crippen LogP contribution in [0.5, 0.6) is 0 Å². The van der Waals surface area contributed by atoms with Crippen LogP contribution in [0.25, 0.3) is 0 Å². The van der Waals surface area contributed by atoms with E-state index in [1.54, 1.807) is 0 Å². The van der Waals surface area contributed by atoms with Crippen LogP contribution in [-0.4, -0.2) is 55.5 Å². The van der Waals surface area contributed by atoms with E-state index in [-0.39, 0.29) is 18.5 Å². The Labute approximate surface area is 194 Å². The maximum absolute atomic E-state index is 10.1. The van der Waals surface area contributed by atoms with Gasteiger partial charge < -0.3 is 20.5 Å². The molecule has 0 amide bonds. The highest BCUT2D eigenvalue weighted by Gasteiger charge is 2.19. The van der Waals surface area contributed by atoms with Gasteiger partial charge in [0.2, 0.25) is 0 Å². The van der Waals surface area contributed by atoms with Gasteiger partial charge in [0, 0.05) is 13.2 Å². The summed E-state index contributed by atoms with van der Waals surface area (Å²) >= 11 is 0. The van der Waals surface area contributed by atoms with Gasteiger partial charge in [-0.2, -0.15) is 0 Å². The van der Waals surface area contributed by atoms with Crippen LogP contribution in [0.4, 0.5) is 0 Å². The van der Waals surface area contributed by atoms with Crippen LogP contribution < -0.4 is 5.73 Å². The van der Waals surface area contributed by atoms with E-state index < -0.39 is 0 Å². The number of piperidine rings is 1. The normalized spacial score (nSPS) is 16.5. The van der Waals surface area contributed by atoms with E-state index in [1.807, 2.05) is 0 Å². The number of unbranched alkanes of at least 4 members (excludes halogenated alkanes) is 13. The highest BCUT2D eigenvalue weighted by atomic mass is 35.5. The second kappa shape index (κ2) is 22.3. The first-order valence-corrected chi connectivity index (χ1v) is 12.9. The SMILES string of the molecule is CCCCCCCCCCCCCCCCOCC(O)CN1CCC(CN)CC1.Cl. The minimum absolute atomic E-state index is 0. The molecule has 1 heterocycles. The van der Waals surface area contributed by atoms with E-state index in [4.69, 9.17) is 10.5 Å². The molecule has 5 heteroatoms. The van der Waals surface area contributed by atoms with Gasteiger partial charge in [0.1, 0.15) is 0 Å². The molecule has 0 aromatic rings. The minimum atomic E-state index is -0.351. The number of hydrogen-bond acceptors (Lipinski definition) is 4. The molecule has 0 aliphatic carbocycles. The molecular weight excluding hydrogens is 396 g/mol. The van der Waals surface area contributed by atoms with Crippen molar-refractivity contribution in [2.24, 2.45) is 11.7 Å². The van der Waals surface area contributed by atoms with Crippen LogP contribution in [-0.2, 0) is 4.74 Å². The number of nitrogens with zero attached hydrogens (tertiary/aromatic N) is 1. The Balaban J connectivity index is 0.00000841. The third-order valence-corrected chi connectivity index (χ3v) is 6.46. The Kier molecular flexibility index (Phi) is 22.4. The number of β-amino-alcohol motifs (C(OH)–C–C–N with tert-alkyl or cyclic N) is 1. The van der Waals surface area contributed by atoms with Crippen LogP contribution in [0.3, 0.4) is 0 Å². The first kappa shape index (κ1) is 30.1. The lowest BCUT2D eigenvalue weighted by Crippen LogP contribution is -2.41. The number of rotatable bonds is 20. The Bertz CT molecular complexity index is 339. The lowest BCUT2D eigenvalue weighted by Gasteiger charge is -2.32. The molecule has 0 aromatic heterocycles. The second-order valence-corrected chi connectivity index (χ2v) is 9.30. The molecule has 4 nitrogen and oxygen atoms in total. The standard InChI is InChI=1S/C25H52N2O2.ClH/c1-2-3-4-5-6-7-8-9-10-11-12-13-14-15-20-29-23-25(28)22-27-18-16-24(21-26)17-19-27;/h24-25,28H,2-23,26H2,1H3;1H. The molecule has 0 saturated carbocycles. The number of nitrogens with two attached hydrogens (primary N) is 1. The Morgan fingerprint density at radius 2 is 1.30 bits per heavy atom. The van der Waals surface area contributed by atoms with Crippen molar-refractivity contribution < 1.29 is 9.84 Å². The molecule has 1 aliphatic rings. The molecule has 182 valence electrons. The van der Waals surface area contributed by atoms with Gasteiger partial charge in [-0.25, -0.2) is 0 Å². The van der Waals surface area contributed by atoms with E-state index in [0.29, 0.717) is 12.5 Å². The molecule has 0 radical (unpaired) electrons. The number of aliphatic hydroxyl groups is 1. The fourth-order valence-electron chi connectivity index (χ4n) is 4.37. The predicted octanol–water partition coefficient (Wildman–Crippen LogP) is 5.94. The second-order valence-electron chi connectivity index (χ2n) is 9.30. The summed E-state index contributed by atoms with van der Waals surface area (Å²) < 4.78 is 5.69. The lowest BCUT2D eigenvalue weighted by molar-refractivity contribution is 0.00986. The van der Waals surface area contributed by atoms with Gasteiger partial charge in [-0.05, 0) is 44.8 Å². The zero-order valence-electron chi connectivity index (χ0n) is 20.0. The van der Waals surface area contributed by atoms with E-state index in [1.165, 1.54) is 96.3 Å². The Hall–Kier alpha value is 0.130. The summed E-state index contributed by atoms with van der Waals surface area (Å²) in [5.41, 5.74) is 5.74. The van der Waals surface area contributed by atoms with Crippen LogP contribution in [0.15, 0.2) is 0 Å². The van der Waals surface area contributed by atoms with Gasteiger partial charge in [0.15, 0.2) is 0 Å². The van der Waals surface area contributed by atoms with E-state index in [2.05, 4.69) is 11.8 Å². The number of aliphatic hydroxyl groups excluding tert-OH is 1. The Morgan fingerprint density at radius 1 is 0.833 bits per heavy atom. The van der Waals surface area contributed by atoms with Gasteiger partial charge in [0.05, 0.1) is 12.7 Å². The topological polar surface area (TPSA) is 58.7 Å². The van der Waals surface area contributed by atoms with Crippen LogP contribution in [0, 0.1) is 5.92 Å². The molecule has 0 bridgehead atoms. The van der Waals surface area contributed by atoms with Crippen molar-refractivity contribution in [1.82, 2.24) is 4.90 Å². The van der Waals surface area contributed by atoms with Gasteiger partial charge in [-0.3, -0.25) is 0 Å². The minimum Gasteiger partial charge on any atom is -0.389 e. The average Bonchev–Trinajstić information content (AvgIpc) is 2.74. The summed E-state index contributed by atoms with van der Waals surface area (Å²) in [7, 11) is 0. The maximum atomic E-state index is 10.1. The van der Waals surface area contributed by atoms with Crippen molar-refractivity contribution in [3.63, 3.8) is 0 Å². The van der Waals surface area contributed by atoms with Crippen LogP contribution in [0.2, 0.25) is 0 Å². The summed E-state index contributed by atoms with van der Waals surface area (Å²) in [5.74, 6) is 0.681. The van der Waals surface area contributed by atoms with Crippen molar-refractivity contribution in [2.75, 3.05) is 39.4 Å². The summed E-state index contributed by atoms with van der Waals surface area (Å²) in [5, 5.41) is 10.1. The molecule has 1 fully saturated rings. The van der Waals surface area contributed by atoms with E-state index in [9.17, 15) is 5.11 Å². The maximum Gasteiger partial charge on any atom is 0.0900 e. The number of halogens is 1. The van der Waals surface area contributed by atoms with Gasteiger partial charge in [-0.1, -0.05) is 90.4 Å². The monoisotopic (exact) mass is 448 g/mol. The third kappa shape index (κ3) is 17.8. The first-order valence-electron chi connectivity index (χ1n) is 12.9. The highest BCUT2D eigenvalue weighted by Crippen LogP contribution is 2.16. The number of ether oxygens (including phenoxy) is 1. The number of likely N-dealkylation sites (tertiary alicyclic amines) is 1. The zero-order chi connectivity index (χ0) is 21.0. The molecule has 1 rings (SSSR count). The zero-order valence-corrected chi connectivity index (χ0v) is 20.8. The molecule has 3 N–H and O–H groups in total. The van der Waals surface area contributed by atoms with Gasteiger partial charge in [0.25, 0.3) is 0 Å². The third-order valence-electron chi connectivity index (χ3n) is 6.46. The molecule has 30 heavy (non-hydrogen) atoms. The predicted molar refractivity (Wildman–Crippen MR) is 133 cm³/mol. The highest BCUT2D eigenvalue weighted by molar-refractivity contribution is 5.85. The van der Waals surface area contributed by atoms with Crippen molar-refractivity contribution in [1.29, 1.82) is 0 Å². The fourth-order valence-corrected chi connectivity index (χ4v) is 4.37. The quantitative estimate of drug-likeness (QED) is 0.226. The molecular formula is C25H53ClN2O2. The van der Waals surface area contributed by atoms with Crippen LogP contribution in [0.1, 0.15) is 110 Å². The average molecular weight is 449 g/mol. The fraction of sp³-hybridized carbons (Fsp3) is 1.00. The summed E-state index contributed by atoms with van der Waals surface area (Å²) in [6.45, 7) is 7.25. The smallest absolute Gasteiger partial charge is 0.0900 e. The first-order chi connectivity index (χ1) is 14.3. The van der Waals surface area contributed by atoms with Crippen LogP contribution >= 0.6 is 12.4 Å². The molecule has 1 atom stereocenters.